The molecule has 1 N–H and O–H groups in total. The molecule has 2 aliphatic carbocycles. The van der Waals surface area contributed by atoms with E-state index in [0.29, 0.717) is 19.1 Å². The molecule has 3 aromatic rings. The quantitative estimate of drug-likeness (QED) is 0.480. The Kier molecular flexibility index (Phi) is 7.02. The van der Waals surface area contributed by atoms with E-state index in [1.165, 1.54) is 22.4 Å². The molecule has 6 nitrogen and oxygen atoms in total. The van der Waals surface area contributed by atoms with Crippen molar-refractivity contribution in [1.29, 1.82) is 0 Å². The molecular weight excluding hydrogens is 496 g/mol. The standard InChI is InChI=1S/C31H35ClN4O2/c1-34-14-12-22(16-30(34)37)26-11-13-33-17-28(26)31(38)36(25-9-10-25)20-23-19-35(29-8-3-2-7-27(23)29)18-21-5-4-6-24(32)15-21/h3-6,8,12,14-16,19,25-26,28,33H,2,7,9-11,13,17-18,20H2,1H3/t26?,28-/m0/s1. The van der Waals surface area contributed by atoms with Gasteiger partial charge in [0.05, 0.1) is 5.92 Å². The molecule has 6 rings (SSSR count). The highest BCUT2D eigenvalue weighted by Crippen LogP contribution is 2.37. The Morgan fingerprint density at radius 1 is 1.18 bits per heavy atom. The SMILES string of the molecule is Cn1ccc(C2CCNC[C@@H]2C(=O)N(Cc2cn(Cc3cccc(Cl)c3)c3c2CCC=C3)C2CC2)cc1=O. The highest BCUT2D eigenvalue weighted by Gasteiger charge is 2.40. The molecule has 0 bridgehead atoms. The van der Waals surface area contributed by atoms with Gasteiger partial charge in [-0.05, 0) is 91.1 Å². The van der Waals surface area contributed by atoms with Crippen molar-refractivity contribution in [3.05, 3.63) is 98.2 Å². The van der Waals surface area contributed by atoms with Crippen molar-refractivity contribution in [3.8, 4) is 0 Å². The predicted octanol–water partition coefficient (Wildman–Crippen LogP) is 4.73. The average Bonchev–Trinajstić information content (AvgIpc) is 3.72. The summed E-state index contributed by atoms with van der Waals surface area (Å²) in [7, 11) is 1.76. The van der Waals surface area contributed by atoms with Gasteiger partial charge < -0.3 is 19.4 Å². The normalized spacial score (nSPS) is 20.8. The number of allylic oxidation sites excluding steroid dienone is 1. The first-order valence-corrected chi connectivity index (χ1v) is 14.2. The third kappa shape index (κ3) is 5.12. The second kappa shape index (κ2) is 10.6. The number of hydrogen-bond acceptors (Lipinski definition) is 3. The van der Waals surface area contributed by atoms with Gasteiger partial charge in [0.15, 0.2) is 0 Å². The predicted molar refractivity (Wildman–Crippen MR) is 151 cm³/mol. The maximum absolute atomic E-state index is 14.2. The van der Waals surface area contributed by atoms with Crippen LogP contribution in [-0.2, 0) is 31.4 Å². The van der Waals surface area contributed by atoms with Crippen molar-refractivity contribution in [2.75, 3.05) is 13.1 Å². The number of carbonyl (C=O) groups is 1. The van der Waals surface area contributed by atoms with Crippen molar-refractivity contribution in [3.63, 3.8) is 0 Å². The number of rotatable bonds is 7. The lowest BCUT2D eigenvalue weighted by Gasteiger charge is -2.35. The Labute approximate surface area is 228 Å². The van der Waals surface area contributed by atoms with Crippen LogP contribution >= 0.6 is 11.6 Å². The van der Waals surface area contributed by atoms with Crippen LogP contribution < -0.4 is 10.9 Å². The van der Waals surface area contributed by atoms with E-state index >= 15 is 0 Å². The molecular formula is C31H35ClN4O2. The lowest BCUT2D eigenvalue weighted by Crippen LogP contribution is -2.47. The second-order valence-electron chi connectivity index (χ2n) is 11.0. The Morgan fingerprint density at radius 3 is 2.84 bits per heavy atom. The van der Waals surface area contributed by atoms with Gasteiger partial charge in [-0.2, -0.15) is 0 Å². The van der Waals surface area contributed by atoms with E-state index in [1.54, 1.807) is 17.7 Å². The van der Waals surface area contributed by atoms with Crippen LogP contribution in [0.3, 0.4) is 0 Å². The zero-order valence-corrected chi connectivity index (χ0v) is 22.7. The van der Waals surface area contributed by atoms with E-state index < -0.39 is 0 Å². The van der Waals surface area contributed by atoms with Crippen molar-refractivity contribution in [2.45, 2.75) is 57.2 Å². The monoisotopic (exact) mass is 530 g/mol. The molecule has 3 heterocycles. The first kappa shape index (κ1) is 25.2. The summed E-state index contributed by atoms with van der Waals surface area (Å²) in [5, 5.41) is 4.20. The molecule has 0 radical (unpaired) electrons. The topological polar surface area (TPSA) is 59.3 Å². The molecule has 2 aromatic heterocycles. The van der Waals surface area contributed by atoms with Crippen LogP contribution in [0.1, 0.15) is 59.5 Å². The highest BCUT2D eigenvalue weighted by molar-refractivity contribution is 6.30. The summed E-state index contributed by atoms with van der Waals surface area (Å²) in [5.74, 6) is 0.108. The van der Waals surface area contributed by atoms with Crippen LogP contribution in [0, 0.1) is 5.92 Å². The van der Waals surface area contributed by atoms with Gasteiger partial charge in [-0.15, -0.1) is 0 Å². The van der Waals surface area contributed by atoms with Gasteiger partial charge in [-0.3, -0.25) is 9.59 Å². The Hall–Kier alpha value is -3.09. The maximum atomic E-state index is 14.2. The molecule has 1 saturated heterocycles. The molecule has 2 fully saturated rings. The number of pyridine rings is 1. The number of hydrogen-bond donors (Lipinski definition) is 1. The number of halogens is 1. The Bertz CT molecular complexity index is 1430. The van der Waals surface area contributed by atoms with Crippen LogP contribution in [0.15, 0.2) is 59.7 Å². The fourth-order valence-electron chi connectivity index (χ4n) is 6.16. The lowest BCUT2D eigenvalue weighted by atomic mass is 9.80. The van der Waals surface area contributed by atoms with Gasteiger partial charge in [0.2, 0.25) is 5.91 Å². The summed E-state index contributed by atoms with van der Waals surface area (Å²) in [5.41, 5.74) is 5.98. The molecule has 1 unspecified atom stereocenters. The van der Waals surface area contributed by atoms with Gasteiger partial charge in [-0.25, -0.2) is 0 Å². The minimum absolute atomic E-state index is 0.0213. The van der Waals surface area contributed by atoms with Crippen LogP contribution in [-0.4, -0.2) is 39.1 Å². The van der Waals surface area contributed by atoms with E-state index in [0.717, 1.165) is 55.8 Å². The van der Waals surface area contributed by atoms with E-state index in [9.17, 15) is 9.59 Å². The lowest BCUT2D eigenvalue weighted by molar-refractivity contribution is -0.138. The molecule has 1 aliphatic heterocycles. The molecule has 1 amide bonds. The van der Waals surface area contributed by atoms with Crippen molar-refractivity contribution in [2.24, 2.45) is 13.0 Å². The number of amides is 1. The number of aromatic nitrogens is 2. The number of nitrogens with one attached hydrogen (secondary N) is 1. The zero-order valence-electron chi connectivity index (χ0n) is 21.9. The minimum Gasteiger partial charge on any atom is -0.343 e. The number of nitrogens with zero attached hydrogens (tertiary/aromatic N) is 3. The molecule has 198 valence electrons. The van der Waals surface area contributed by atoms with Gasteiger partial charge in [0, 0.05) is 61.9 Å². The fourth-order valence-corrected chi connectivity index (χ4v) is 6.37. The van der Waals surface area contributed by atoms with Gasteiger partial charge >= 0.3 is 0 Å². The number of aryl methyl sites for hydroxylation is 1. The minimum atomic E-state index is -0.166. The number of benzene rings is 1. The van der Waals surface area contributed by atoms with Gasteiger partial charge in [-0.1, -0.05) is 29.8 Å². The summed E-state index contributed by atoms with van der Waals surface area (Å²) in [6, 6.07) is 12.1. The van der Waals surface area contributed by atoms with Gasteiger partial charge in [0.25, 0.3) is 5.56 Å². The molecule has 1 aromatic carbocycles. The summed E-state index contributed by atoms with van der Waals surface area (Å²) < 4.78 is 3.90. The summed E-state index contributed by atoms with van der Waals surface area (Å²) in [4.78, 5) is 28.7. The first-order chi connectivity index (χ1) is 18.5. The number of fused-ring (bicyclic) bond motifs is 1. The largest absolute Gasteiger partial charge is 0.343 e. The van der Waals surface area contributed by atoms with E-state index in [2.05, 4.69) is 39.2 Å². The van der Waals surface area contributed by atoms with E-state index in [4.69, 9.17) is 11.6 Å². The van der Waals surface area contributed by atoms with Crippen LogP contribution in [0.2, 0.25) is 5.02 Å². The van der Waals surface area contributed by atoms with Crippen LogP contribution in [0.25, 0.3) is 6.08 Å². The molecule has 7 heteroatoms. The third-order valence-electron chi connectivity index (χ3n) is 8.36. The molecule has 0 spiro atoms. The highest BCUT2D eigenvalue weighted by atomic mass is 35.5. The zero-order chi connectivity index (χ0) is 26.2. The van der Waals surface area contributed by atoms with Crippen LogP contribution in [0.4, 0.5) is 0 Å². The summed E-state index contributed by atoms with van der Waals surface area (Å²) in [6.07, 6.45) is 13.6. The summed E-state index contributed by atoms with van der Waals surface area (Å²) >= 11 is 6.26. The Morgan fingerprint density at radius 2 is 2.05 bits per heavy atom. The fraction of sp³-hybridized carbons (Fsp3) is 0.419. The first-order valence-electron chi connectivity index (χ1n) is 13.8. The molecule has 38 heavy (non-hydrogen) atoms. The summed E-state index contributed by atoms with van der Waals surface area (Å²) in [6.45, 7) is 2.90. The van der Waals surface area contributed by atoms with Crippen molar-refractivity contribution >= 4 is 23.6 Å². The number of carbonyl (C=O) groups excluding carboxylic acids is 1. The van der Waals surface area contributed by atoms with Gasteiger partial charge in [0.1, 0.15) is 0 Å². The smallest absolute Gasteiger partial charge is 0.250 e. The Balaban J connectivity index is 1.28. The molecule has 2 atom stereocenters. The van der Waals surface area contributed by atoms with E-state index in [-0.39, 0.29) is 23.3 Å². The van der Waals surface area contributed by atoms with E-state index in [1.807, 2.05) is 30.5 Å². The molecule has 1 saturated carbocycles. The average molecular weight is 531 g/mol. The van der Waals surface area contributed by atoms with Crippen molar-refractivity contribution < 1.29 is 4.79 Å². The third-order valence-corrected chi connectivity index (χ3v) is 8.60. The second-order valence-corrected chi connectivity index (χ2v) is 11.5. The maximum Gasteiger partial charge on any atom is 0.250 e. The molecule has 3 aliphatic rings. The number of piperidine rings is 1. The van der Waals surface area contributed by atoms with Crippen LogP contribution in [0.5, 0.6) is 0 Å². The van der Waals surface area contributed by atoms with Crippen molar-refractivity contribution in [1.82, 2.24) is 19.4 Å².